The fraction of sp³-hybridized carbons (Fsp3) is 0.500. The highest BCUT2D eigenvalue weighted by Crippen LogP contribution is 2.16. The number of fused-ring (bicyclic) bond motifs is 1. The molecular formula is C16H22N2O2S. The SMILES string of the molecule is CCC(C)CC(=O)N=c1sc2ccccc2n1CCOC. The normalized spacial score (nSPS) is 13.8. The number of benzene rings is 1. The van der Waals surface area contributed by atoms with E-state index in [1.165, 1.54) is 0 Å². The third-order valence-corrected chi connectivity index (χ3v) is 4.61. The molecule has 1 atom stereocenters. The molecule has 0 bridgehead atoms. The predicted octanol–water partition coefficient (Wildman–Crippen LogP) is 3.21. The van der Waals surface area contributed by atoms with Gasteiger partial charge in [-0.15, -0.1) is 0 Å². The molecule has 114 valence electrons. The van der Waals surface area contributed by atoms with Gasteiger partial charge in [0.1, 0.15) is 0 Å². The van der Waals surface area contributed by atoms with Gasteiger partial charge in [-0.2, -0.15) is 4.99 Å². The summed E-state index contributed by atoms with van der Waals surface area (Å²) in [5.74, 6) is 0.338. The predicted molar refractivity (Wildman–Crippen MR) is 86.3 cm³/mol. The molecule has 0 aliphatic carbocycles. The van der Waals surface area contributed by atoms with Crippen LogP contribution in [0.4, 0.5) is 0 Å². The quantitative estimate of drug-likeness (QED) is 0.822. The maximum absolute atomic E-state index is 12.1. The number of nitrogens with zero attached hydrogens (tertiary/aromatic N) is 2. The van der Waals surface area contributed by atoms with Crippen molar-refractivity contribution in [1.29, 1.82) is 0 Å². The Morgan fingerprint density at radius 3 is 2.90 bits per heavy atom. The number of thiazole rings is 1. The molecule has 5 heteroatoms. The van der Waals surface area contributed by atoms with Crippen LogP contribution in [-0.2, 0) is 16.1 Å². The van der Waals surface area contributed by atoms with Gasteiger partial charge in [-0.25, -0.2) is 0 Å². The molecule has 0 radical (unpaired) electrons. The van der Waals surface area contributed by atoms with Crippen molar-refractivity contribution in [3.63, 3.8) is 0 Å². The van der Waals surface area contributed by atoms with Crippen LogP contribution in [0.3, 0.4) is 0 Å². The molecule has 21 heavy (non-hydrogen) atoms. The fourth-order valence-corrected chi connectivity index (χ4v) is 3.17. The molecule has 1 unspecified atom stereocenters. The van der Waals surface area contributed by atoms with Gasteiger partial charge in [0.2, 0.25) is 5.91 Å². The first-order chi connectivity index (χ1) is 10.2. The van der Waals surface area contributed by atoms with Crippen molar-refractivity contribution in [2.45, 2.75) is 33.2 Å². The second kappa shape index (κ2) is 7.52. The van der Waals surface area contributed by atoms with Crippen LogP contribution in [0.15, 0.2) is 29.3 Å². The minimum absolute atomic E-state index is 0.0397. The third kappa shape index (κ3) is 4.02. The van der Waals surface area contributed by atoms with E-state index in [-0.39, 0.29) is 5.91 Å². The smallest absolute Gasteiger partial charge is 0.248 e. The molecule has 1 amide bonds. The summed E-state index contributed by atoms with van der Waals surface area (Å²) in [6, 6.07) is 8.12. The van der Waals surface area contributed by atoms with Crippen LogP contribution in [0.25, 0.3) is 10.2 Å². The van der Waals surface area contributed by atoms with Gasteiger partial charge in [-0.1, -0.05) is 43.7 Å². The number of hydrogen-bond acceptors (Lipinski definition) is 3. The van der Waals surface area contributed by atoms with E-state index in [0.29, 0.717) is 25.5 Å². The first-order valence-corrected chi connectivity index (χ1v) is 8.12. The Morgan fingerprint density at radius 2 is 2.19 bits per heavy atom. The lowest BCUT2D eigenvalue weighted by molar-refractivity contribution is -0.118. The summed E-state index contributed by atoms with van der Waals surface area (Å²) in [6.07, 6.45) is 1.51. The van der Waals surface area contributed by atoms with Gasteiger partial charge in [0.15, 0.2) is 4.80 Å². The minimum atomic E-state index is -0.0397. The topological polar surface area (TPSA) is 43.6 Å². The summed E-state index contributed by atoms with van der Waals surface area (Å²) < 4.78 is 8.37. The van der Waals surface area contributed by atoms with Crippen molar-refractivity contribution < 1.29 is 9.53 Å². The molecule has 1 aromatic heterocycles. The maximum atomic E-state index is 12.1. The van der Waals surface area contributed by atoms with Gasteiger partial charge in [0, 0.05) is 20.1 Å². The number of para-hydroxylation sites is 1. The van der Waals surface area contributed by atoms with Gasteiger partial charge >= 0.3 is 0 Å². The molecule has 0 saturated heterocycles. The van der Waals surface area contributed by atoms with Crippen LogP contribution < -0.4 is 4.80 Å². The molecule has 0 saturated carbocycles. The summed E-state index contributed by atoms with van der Waals surface area (Å²) in [5, 5.41) is 0. The Hall–Kier alpha value is -1.46. The van der Waals surface area contributed by atoms with Crippen molar-refractivity contribution in [2.75, 3.05) is 13.7 Å². The lowest BCUT2D eigenvalue weighted by Crippen LogP contribution is -2.19. The van der Waals surface area contributed by atoms with Gasteiger partial charge in [-0.05, 0) is 18.1 Å². The highest BCUT2D eigenvalue weighted by molar-refractivity contribution is 7.16. The van der Waals surface area contributed by atoms with E-state index in [0.717, 1.165) is 21.4 Å². The third-order valence-electron chi connectivity index (χ3n) is 3.55. The Kier molecular flexibility index (Phi) is 5.70. The Bertz CT molecular complexity index is 672. The average molecular weight is 306 g/mol. The van der Waals surface area contributed by atoms with E-state index in [2.05, 4.69) is 35.5 Å². The summed E-state index contributed by atoms with van der Waals surface area (Å²) in [6.45, 7) is 5.48. The number of aromatic nitrogens is 1. The zero-order chi connectivity index (χ0) is 15.2. The molecule has 0 fully saturated rings. The van der Waals surface area contributed by atoms with E-state index in [1.807, 2.05) is 12.1 Å². The summed E-state index contributed by atoms with van der Waals surface area (Å²) in [4.78, 5) is 17.2. The summed E-state index contributed by atoms with van der Waals surface area (Å²) >= 11 is 1.56. The Balaban J connectivity index is 2.39. The van der Waals surface area contributed by atoms with Gasteiger partial charge < -0.3 is 9.30 Å². The average Bonchev–Trinajstić information content (AvgIpc) is 2.82. The lowest BCUT2D eigenvalue weighted by Gasteiger charge is -2.05. The highest BCUT2D eigenvalue weighted by Gasteiger charge is 2.09. The summed E-state index contributed by atoms with van der Waals surface area (Å²) in [7, 11) is 1.68. The van der Waals surface area contributed by atoms with E-state index in [4.69, 9.17) is 4.74 Å². The second-order valence-electron chi connectivity index (χ2n) is 5.22. The van der Waals surface area contributed by atoms with Crippen LogP contribution in [0, 0.1) is 5.92 Å². The standard InChI is InChI=1S/C16H22N2O2S/c1-4-12(2)11-15(19)17-16-18(9-10-20-3)13-7-5-6-8-14(13)21-16/h5-8,12H,4,9-11H2,1-3H3. The van der Waals surface area contributed by atoms with Crippen molar-refractivity contribution >= 4 is 27.5 Å². The molecule has 2 rings (SSSR count). The largest absolute Gasteiger partial charge is 0.383 e. The highest BCUT2D eigenvalue weighted by atomic mass is 32.1. The van der Waals surface area contributed by atoms with Gasteiger partial charge in [-0.3, -0.25) is 4.79 Å². The fourth-order valence-electron chi connectivity index (χ4n) is 2.10. The molecule has 1 heterocycles. The Morgan fingerprint density at radius 1 is 1.43 bits per heavy atom. The van der Waals surface area contributed by atoms with Crippen molar-refractivity contribution in [3.8, 4) is 0 Å². The number of amides is 1. The van der Waals surface area contributed by atoms with Crippen molar-refractivity contribution in [3.05, 3.63) is 29.1 Å². The van der Waals surface area contributed by atoms with Crippen LogP contribution in [0.1, 0.15) is 26.7 Å². The van der Waals surface area contributed by atoms with E-state index < -0.39 is 0 Å². The van der Waals surface area contributed by atoms with E-state index in [1.54, 1.807) is 18.4 Å². The molecule has 0 aliphatic heterocycles. The number of ether oxygens (including phenoxy) is 1. The van der Waals surface area contributed by atoms with E-state index >= 15 is 0 Å². The maximum Gasteiger partial charge on any atom is 0.248 e. The van der Waals surface area contributed by atoms with Crippen LogP contribution in [-0.4, -0.2) is 24.2 Å². The molecule has 2 aromatic rings. The molecule has 0 aliphatic rings. The van der Waals surface area contributed by atoms with Gasteiger partial charge in [0.25, 0.3) is 0 Å². The summed E-state index contributed by atoms with van der Waals surface area (Å²) in [5.41, 5.74) is 1.11. The van der Waals surface area contributed by atoms with Crippen molar-refractivity contribution in [2.24, 2.45) is 10.9 Å². The first-order valence-electron chi connectivity index (χ1n) is 7.30. The number of carbonyl (C=O) groups is 1. The zero-order valence-electron chi connectivity index (χ0n) is 12.8. The number of hydrogen-bond donors (Lipinski definition) is 0. The lowest BCUT2D eigenvalue weighted by atomic mass is 10.1. The van der Waals surface area contributed by atoms with Crippen molar-refractivity contribution in [1.82, 2.24) is 4.57 Å². The van der Waals surface area contributed by atoms with Gasteiger partial charge in [0.05, 0.1) is 16.8 Å². The van der Waals surface area contributed by atoms with E-state index in [9.17, 15) is 4.79 Å². The molecule has 0 N–H and O–H groups in total. The first kappa shape index (κ1) is 15.9. The Labute approximate surface area is 129 Å². The zero-order valence-corrected chi connectivity index (χ0v) is 13.7. The molecule has 0 spiro atoms. The molecule has 1 aromatic carbocycles. The second-order valence-corrected chi connectivity index (χ2v) is 6.23. The monoisotopic (exact) mass is 306 g/mol. The molecule has 4 nitrogen and oxygen atoms in total. The molecular weight excluding hydrogens is 284 g/mol. The number of carbonyl (C=O) groups excluding carboxylic acids is 1. The number of rotatable bonds is 6. The van der Waals surface area contributed by atoms with Crippen LogP contribution in [0.5, 0.6) is 0 Å². The van der Waals surface area contributed by atoms with Crippen LogP contribution >= 0.6 is 11.3 Å². The minimum Gasteiger partial charge on any atom is -0.383 e. The number of methoxy groups -OCH3 is 1. The van der Waals surface area contributed by atoms with Crippen LogP contribution in [0.2, 0.25) is 0 Å².